The first-order chi connectivity index (χ1) is 14.1. The summed E-state index contributed by atoms with van der Waals surface area (Å²) in [5.41, 5.74) is 2.62. The molecule has 29 heavy (non-hydrogen) atoms. The summed E-state index contributed by atoms with van der Waals surface area (Å²) < 4.78 is 12.2. The molecule has 1 N–H and O–H groups in total. The number of nitrogens with one attached hydrogen (secondary N) is 1. The number of ether oxygens (including phenoxy) is 1. The minimum Gasteiger partial charge on any atom is -0.479 e. The molecule has 0 unspecified atom stereocenters. The highest BCUT2D eigenvalue weighted by Gasteiger charge is 2.23. The topological polar surface area (TPSA) is 108 Å². The van der Waals surface area contributed by atoms with E-state index in [0.29, 0.717) is 34.2 Å². The van der Waals surface area contributed by atoms with Gasteiger partial charge in [-0.1, -0.05) is 35.5 Å². The van der Waals surface area contributed by atoms with Crippen LogP contribution in [-0.2, 0) is 7.05 Å². The lowest BCUT2D eigenvalue weighted by atomic mass is 10.1. The van der Waals surface area contributed by atoms with Crippen LogP contribution in [0.4, 0.5) is 5.69 Å². The first-order valence-corrected chi connectivity index (χ1v) is 8.81. The Morgan fingerprint density at radius 2 is 1.97 bits per heavy atom. The smallest absolute Gasteiger partial charge is 0.261 e. The summed E-state index contributed by atoms with van der Waals surface area (Å²) in [5, 5.41) is 10.9. The maximum Gasteiger partial charge on any atom is 0.261 e. The second-order valence-electron chi connectivity index (χ2n) is 6.24. The Morgan fingerprint density at radius 3 is 2.66 bits per heavy atom. The van der Waals surface area contributed by atoms with Gasteiger partial charge in [-0.25, -0.2) is 14.6 Å². The number of carbonyl (C=O) groups is 1. The number of rotatable bonds is 5. The molecule has 3 heterocycles. The standard InChI is InChI=1S/C20H18N6O3/c1-12-16(17(25-29-12)13-7-5-4-6-8-13)19(27)23-15-10-9-14(24-20(15)28-3)18-21-11-22-26(18)2/h4-11H,1-3H3,(H,23,27). The van der Waals surface area contributed by atoms with Gasteiger partial charge in [-0.2, -0.15) is 5.10 Å². The first kappa shape index (κ1) is 18.4. The van der Waals surface area contributed by atoms with Crippen LogP contribution < -0.4 is 10.1 Å². The molecule has 9 heteroatoms. The minimum atomic E-state index is -0.367. The van der Waals surface area contributed by atoms with Gasteiger partial charge in [-0.05, 0) is 19.1 Å². The molecular weight excluding hydrogens is 372 g/mol. The van der Waals surface area contributed by atoms with Gasteiger partial charge >= 0.3 is 0 Å². The molecule has 0 aliphatic carbocycles. The van der Waals surface area contributed by atoms with E-state index >= 15 is 0 Å². The van der Waals surface area contributed by atoms with Gasteiger partial charge in [0.2, 0.25) is 5.88 Å². The third-order valence-corrected chi connectivity index (χ3v) is 4.38. The predicted octanol–water partition coefficient (Wildman–Crippen LogP) is 3.10. The maximum absolute atomic E-state index is 13.0. The van der Waals surface area contributed by atoms with Crippen LogP contribution in [0.5, 0.6) is 5.88 Å². The average molecular weight is 390 g/mol. The van der Waals surface area contributed by atoms with Crippen molar-refractivity contribution in [3.8, 4) is 28.7 Å². The summed E-state index contributed by atoms with van der Waals surface area (Å²) >= 11 is 0. The summed E-state index contributed by atoms with van der Waals surface area (Å²) in [6.07, 6.45) is 1.44. The van der Waals surface area contributed by atoms with Gasteiger partial charge in [-0.3, -0.25) is 4.79 Å². The molecule has 146 valence electrons. The molecular formula is C20H18N6O3. The highest BCUT2D eigenvalue weighted by atomic mass is 16.5. The molecule has 1 aromatic carbocycles. The summed E-state index contributed by atoms with van der Waals surface area (Å²) in [6, 6.07) is 12.8. The lowest BCUT2D eigenvalue weighted by molar-refractivity contribution is 0.102. The zero-order valence-corrected chi connectivity index (χ0v) is 16.1. The fourth-order valence-electron chi connectivity index (χ4n) is 2.96. The molecule has 4 aromatic rings. The van der Waals surface area contributed by atoms with Gasteiger partial charge in [0.1, 0.15) is 34.7 Å². The molecule has 0 aliphatic heterocycles. The fraction of sp³-hybridized carbons (Fsp3) is 0.150. The van der Waals surface area contributed by atoms with Crippen LogP contribution in [0.3, 0.4) is 0 Å². The Hall–Kier alpha value is -4.01. The van der Waals surface area contributed by atoms with Crippen molar-refractivity contribution in [1.82, 2.24) is 24.9 Å². The number of aryl methyl sites for hydroxylation is 2. The van der Waals surface area contributed by atoms with Crippen molar-refractivity contribution < 1.29 is 14.1 Å². The monoisotopic (exact) mass is 390 g/mol. The molecule has 0 bridgehead atoms. The van der Waals surface area contributed by atoms with Gasteiger partial charge in [0.15, 0.2) is 5.82 Å². The van der Waals surface area contributed by atoms with Gasteiger partial charge in [0.25, 0.3) is 5.91 Å². The zero-order chi connectivity index (χ0) is 20.4. The Bertz CT molecular complexity index is 1170. The van der Waals surface area contributed by atoms with Crippen molar-refractivity contribution in [2.75, 3.05) is 12.4 Å². The van der Waals surface area contributed by atoms with E-state index < -0.39 is 0 Å². The number of aromatic nitrogens is 5. The molecule has 0 atom stereocenters. The van der Waals surface area contributed by atoms with E-state index in [2.05, 4.69) is 25.5 Å². The molecule has 0 aliphatic rings. The Morgan fingerprint density at radius 1 is 1.17 bits per heavy atom. The molecule has 0 spiro atoms. The number of amides is 1. The average Bonchev–Trinajstić information content (AvgIpc) is 3.34. The van der Waals surface area contributed by atoms with E-state index in [4.69, 9.17) is 9.26 Å². The van der Waals surface area contributed by atoms with Crippen molar-refractivity contribution in [2.45, 2.75) is 6.92 Å². The number of hydrogen-bond acceptors (Lipinski definition) is 7. The quantitative estimate of drug-likeness (QED) is 0.558. The third kappa shape index (κ3) is 3.45. The summed E-state index contributed by atoms with van der Waals surface area (Å²) in [4.78, 5) is 21.6. The lowest BCUT2D eigenvalue weighted by Gasteiger charge is -2.11. The van der Waals surface area contributed by atoms with Crippen molar-refractivity contribution in [2.24, 2.45) is 7.05 Å². The third-order valence-electron chi connectivity index (χ3n) is 4.38. The normalized spacial score (nSPS) is 10.7. The molecule has 1 amide bonds. The summed E-state index contributed by atoms with van der Waals surface area (Å²) in [5.74, 6) is 0.898. The second kappa shape index (κ2) is 7.55. The van der Waals surface area contributed by atoms with Crippen molar-refractivity contribution in [3.05, 3.63) is 60.1 Å². The number of benzene rings is 1. The van der Waals surface area contributed by atoms with Crippen LogP contribution >= 0.6 is 0 Å². The Labute approximate surface area is 166 Å². The van der Waals surface area contributed by atoms with Gasteiger partial charge < -0.3 is 14.6 Å². The van der Waals surface area contributed by atoms with E-state index in [9.17, 15) is 4.79 Å². The van der Waals surface area contributed by atoms with Crippen LogP contribution in [0, 0.1) is 6.92 Å². The van der Waals surface area contributed by atoms with Crippen molar-refractivity contribution in [3.63, 3.8) is 0 Å². The largest absolute Gasteiger partial charge is 0.479 e. The van der Waals surface area contributed by atoms with Crippen LogP contribution in [0.15, 0.2) is 53.3 Å². The zero-order valence-electron chi connectivity index (χ0n) is 16.1. The summed E-state index contributed by atoms with van der Waals surface area (Å²) in [6.45, 7) is 1.70. The van der Waals surface area contributed by atoms with Crippen LogP contribution in [0.25, 0.3) is 22.8 Å². The maximum atomic E-state index is 13.0. The Kier molecular flexibility index (Phi) is 4.78. The molecule has 0 radical (unpaired) electrons. The van der Waals surface area contributed by atoms with E-state index in [1.54, 1.807) is 30.8 Å². The van der Waals surface area contributed by atoms with Crippen LogP contribution in [0.1, 0.15) is 16.1 Å². The first-order valence-electron chi connectivity index (χ1n) is 8.81. The predicted molar refractivity (Wildman–Crippen MR) is 105 cm³/mol. The van der Waals surface area contributed by atoms with E-state index in [1.807, 2.05) is 30.3 Å². The van der Waals surface area contributed by atoms with Crippen molar-refractivity contribution in [1.29, 1.82) is 0 Å². The van der Waals surface area contributed by atoms with Gasteiger partial charge in [0.05, 0.1) is 7.11 Å². The lowest BCUT2D eigenvalue weighted by Crippen LogP contribution is -2.14. The summed E-state index contributed by atoms with van der Waals surface area (Å²) in [7, 11) is 3.25. The molecule has 4 rings (SSSR count). The van der Waals surface area contributed by atoms with Crippen molar-refractivity contribution >= 4 is 11.6 Å². The van der Waals surface area contributed by atoms with Gasteiger partial charge in [0, 0.05) is 12.6 Å². The fourth-order valence-corrected chi connectivity index (χ4v) is 2.96. The van der Waals surface area contributed by atoms with E-state index in [-0.39, 0.29) is 11.8 Å². The molecule has 0 fully saturated rings. The minimum absolute atomic E-state index is 0.259. The van der Waals surface area contributed by atoms with Gasteiger partial charge in [-0.15, -0.1) is 0 Å². The van der Waals surface area contributed by atoms with Crippen LogP contribution in [-0.4, -0.2) is 37.9 Å². The highest BCUT2D eigenvalue weighted by molar-refractivity contribution is 6.09. The second-order valence-corrected chi connectivity index (χ2v) is 6.24. The molecule has 3 aromatic heterocycles. The van der Waals surface area contributed by atoms with Crippen LogP contribution in [0.2, 0.25) is 0 Å². The molecule has 9 nitrogen and oxygen atoms in total. The number of pyridine rings is 1. The SMILES string of the molecule is COc1nc(-c2ncnn2C)ccc1NC(=O)c1c(-c2ccccc2)noc1C. The van der Waals surface area contributed by atoms with E-state index in [1.165, 1.54) is 13.4 Å². The molecule has 0 saturated heterocycles. The number of anilines is 1. The highest BCUT2D eigenvalue weighted by Crippen LogP contribution is 2.29. The number of nitrogens with zero attached hydrogens (tertiary/aromatic N) is 5. The molecule has 0 saturated carbocycles. The number of methoxy groups -OCH3 is 1. The Balaban J connectivity index is 1.66. The number of carbonyl (C=O) groups excluding carboxylic acids is 1. The van der Waals surface area contributed by atoms with E-state index in [0.717, 1.165) is 5.56 Å². The number of hydrogen-bond donors (Lipinski definition) is 1.